The molecular formula is C22H23N3O2S. The number of methoxy groups -OCH3 is 1. The van der Waals surface area contributed by atoms with Gasteiger partial charge in [0, 0.05) is 6.04 Å². The van der Waals surface area contributed by atoms with E-state index in [0.717, 1.165) is 29.3 Å². The lowest BCUT2D eigenvalue weighted by Gasteiger charge is -2.15. The highest BCUT2D eigenvalue weighted by Crippen LogP contribution is 2.42. The van der Waals surface area contributed by atoms with Gasteiger partial charge in [0.15, 0.2) is 5.16 Å². The minimum absolute atomic E-state index is 0.0684. The van der Waals surface area contributed by atoms with Crippen LogP contribution in [0.2, 0.25) is 0 Å². The minimum atomic E-state index is -0.284. The molecule has 1 fully saturated rings. The molecule has 1 N–H and O–H groups in total. The number of hydrogen-bond acceptors (Lipinski definition) is 4. The molecule has 5 nitrogen and oxygen atoms in total. The first-order chi connectivity index (χ1) is 13.7. The van der Waals surface area contributed by atoms with Crippen molar-refractivity contribution in [2.45, 2.75) is 36.2 Å². The third-order valence-corrected chi connectivity index (χ3v) is 5.84. The normalized spacial score (nSPS) is 14.5. The Labute approximate surface area is 169 Å². The number of thioether (sulfide) groups is 1. The minimum Gasteiger partial charge on any atom is -0.495 e. The van der Waals surface area contributed by atoms with Crippen LogP contribution in [-0.4, -0.2) is 27.8 Å². The molecule has 0 radical (unpaired) electrons. The van der Waals surface area contributed by atoms with Crippen molar-refractivity contribution in [2.75, 3.05) is 12.4 Å². The van der Waals surface area contributed by atoms with E-state index in [4.69, 9.17) is 4.74 Å². The molecule has 1 saturated carbocycles. The lowest BCUT2D eigenvalue weighted by molar-refractivity contribution is -0.115. The molecule has 0 spiro atoms. The zero-order chi connectivity index (χ0) is 19.5. The van der Waals surface area contributed by atoms with Crippen LogP contribution in [0.4, 0.5) is 5.69 Å². The van der Waals surface area contributed by atoms with E-state index in [1.807, 2.05) is 55.6 Å². The molecule has 1 aliphatic carbocycles. The second-order valence-corrected chi connectivity index (χ2v) is 8.15. The van der Waals surface area contributed by atoms with Crippen molar-refractivity contribution in [3.05, 3.63) is 60.8 Å². The third kappa shape index (κ3) is 3.92. The van der Waals surface area contributed by atoms with Gasteiger partial charge >= 0.3 is 0 Å². The predicted molar refractivity (Wildman–Crippen MR) is 113 cm³/mol. The van der Waals surface area contributed by atoms with Gasteiger partial charge in [-0.1, -0.05) is 54.2 Å². The van der Waals surface area contributed by atoms with Crippen molar-refractivity contribution in [1.29, 1.82) is 0 Å². The number of aromatic nitrogens is 2. The third-order valence-electron chi connectivity index (χ3n) is 4.76. The van der Waals surface area contributed by atoms with Gasteiger partial charge in [-0.2, -0.15) is 0 Å². The summed E-state index contributed by atoms with van der Waals surface area (Å²) in [4.78, 5) is 17.4. The summed E-state index contributed by atoms with van der Waals surface area (Å²) in [6, 6.07) is 18.2. The maximum atomic E-state index is 12.7. The summed E-state index contributed by atoms with van der Waals surface area (Å²) in [5.41, 5.74) is 2.95. The summed E-state index contributed by atoms with van der Waals surface area (Å²) >= 11 is 1.49. The predicted octanol–water partition coefficient (Wildman–Crippen LogP) is 5.01. The van der Waals surface area contributed by atoms with E-state index in [1.54, 1.807) is 7.11 Å². The second-order valence-electron chi connectivity index (χ2n) is 6.84. The van der Waals surface area contributed by atoms with Gasteiger partial charge in [0.05, 0.1) is 29.9 Å². The average molecular weight is 394 g/mol. The number of imidazole rings is 1. The van der Waals surface area contributed by atoms with Crippen LogP contribution >= 0.6 is 11.8 Å². The number of amides is 1. The van der Waals surface area contributed by atoms with Crippen LogP contribution in [0.25, 0.3) is 11.3 Å². The summed E-state index contributed by atoms with van der Waals surface area (Å²) < 4.78 is 7.60. The molecule has 144 valence electrons. The topological polar surface area (TPSA) is 56.1 Å². The first kappa shape index (κ1) is 18.6. The molecule has 1 aliphatic rings. The van der Waals surface area contributed by atoms with E-state index >= 15 is 0 Å². The van der Waals surface area contributed by atoms with Crippen molar-refractivity contribution >= 4 is 23.4 Å². The quantitative estimate of drug-likeness (QED) is 0.573. The number of carbonyl (C=O) groups is 1. The van der Waals surface area contributed by atoms with Gasteiger partial charge < -0.3 is 14.6 Å². The van der Waals surface area contributed by atoms with E-state index in [-0.39, 0.29) is 11.2 Å². The van der Waals surface area contributed by atoms with E-state index in [2.05, 4.69) is 27.0 Å². The zero-order valence-corrected chi connectivity index (χ0v) is 16.8. The molecule has 28 heavy (non-hydrogen) atoms. The largest absolute Gasteiger partial charge is 0.495 e. The van der Waals surface area contributed by atoms with Gasteiger partial charge in [0.25, 0.3) is 0 Å². The molecule has 0 saturated heterocycles. The highest BCUT2D eigenvalue weighted by molar-refractivity contribution is 8.00. The highest BCUT2D eigenvalue weighted by atomic mass is 32.2. The molecule has 1 heterocycles. The van der Waals surface area contributed by atoms with E-state index in [0.29, 0.717) is 17.5 Å². The average Bonchev–Trinajstić information content (AvgIpc) is 3.49. The Morgan fingerprint density at radius 1 is 1.18 bits per heavy atom. The van der Waals surface area contributed by atoms with E-state index in [9.17, 15) is 4.79 Å². The Kier molecular flexibility index (Phi) is 5.39. The SMILES string of the molecule is COc1ccccc1NC(=O)[C@H](C)Sc1ncc(-c2ccccc2)n1C1CC1. The van der Waals surface area contributed by atoms with Crippen molar-refractivity contribution in [3.8, 4) is 17.0 Å². The molecule has 0 aliphatic heterocycles. The molecule has 1 atom stereocenters. The number of carbonyl (C=O) groups excluding carboxylic acids is 1. The summed E-state index contributed by atoms with van der Waals surface area (Å²) in [5, 5.41) is 3.57. The van der Waals surface area contributed by atoms with Gasteiger partial charge in [0.2, 0.25) is 5.91 Å². The molecule has 6 heteroatoms. The number of rotatable bonds is 7. The number of para-hydroxylation sites is 2. The van der Waals surface area contributed by atoms with Gasteiger partial charge in [-0.3, -0.25) is 4.79 Å². The fraction of sp³-hybridized carbons (Fsp3) is 0.273. The molecule has 1 amide bonds. The first-order valence-electron chi connectivity index (χ1n) is 9.40. The number of ether oxygens (including phenoxy) is 1. The molecule has 2 aromatic carbocycles. The van der Waals surface area contributed by atoms with E-state index < -0.39 is 0 Å². The standard InChI is InChI=1S/C22H23N3O2S/c1-15(21(26)24-18-10-6-7-11-20(18)27-2)28-22-23-14-19(25(22)17-12-13-17)16-8-4-3-5-9-16/h3-11,14-15,17H,12-13H2,1-2H3,(H,24,26)/t15-/m0/s1. The van der Waals surface area contributed by atoms with Crippen molar-refractivity contribution < 1.29 is 9.53 Å². The Balaban J connectivity index is 1.52. The fourth-order valence-corrected chi connectivity index (χ4v) is 4.09. The molecular weight excluding hydrogens is 370 g/mol. The lowest BCUT2D eigenvalue weighted by Crippen LogP contribution is -2.23. The summed E-state index contributed by atoms with van der Waals surface area (Å²) in [7, 11) is 1.60. The zero-order valence-electron chi connectivity index (χ0n) is 16.0. The first-order valence-corrected chi connectivity index (χ1v) is 10.3. The number of benzene rings is 2. The Morgan fingerprint density at radius 3 is 2.61 bits per heavy atom. The Bertz CT molecular complexity index is 967. The second kappa shape index (κ2) is 8.10. The highest BCUT2D eigenvalue weighted by Gasteiger charge is 2.30. The van der Waals surface area contributed by atoms with Crippen LogP contribution in [0.1, 0.15) is 25.8 Å². The number of anilines is 1. The summed E-state index contributed by atoms with van der Waals surface area (Å²) in [6.45, 7) is 1.91. The van der Waals surface area contributed by atoms with Gasteiger partial charge in [0.1, 0.15) is 5.75 Å². The van der Waals surface area contributed by atoms with Crippen molar-refractivity contribution in [2.24, 2.45) is 0 Å². The van der Waals surface area contributed by atoms with Crippen LogP contribution in [0.15, 0.2) is 66.0 Å². The van der Waals surface area contributed by atoms with Gasteiger partial charge in [-0.25, -0.2) is 4.98 Å². The monoisotopic (exact) mass is 393 g/mol. The van der Waals surface area contributed by atoms with Crippen LogP contribution < -0.4 is 10.1 Å². The maximum absolute atomic E-state index is 12.7. The van der Waals surface area contributed by atoms with Crippen LogP contribution in [0.5, 0.6) is 5.75 Å². The van der Waals surface area contributed by atoms with Crippen LogP contribution in [0.3, 0.4) is 0 Å². The summed E-state index contributed by atoms with van der Waals surface area (Å²) in [5.74, 6) is 0.583. The Hall–Kier alpha value is -2.73. The summed E-state index contributed by atoms with van der Waals surface area (Å²) in [6.07, 6.45) is 4.23. The fourth-order valence-electron chi connectivity index (χ4n) is 3.13. The van der Waals surface area contributed by atoms with Crippen LogP contribution in [-0.2, 0) is 4.79 Å². The van der Waals surface area contributed by atoms with Crippen molar-refractivity contribution in [3.63, 3.8) is 0 Å². The van der Waals surface area contributed by atoms with Gasteiger partial charge in [-0.15, -0.1) is 0 Å². The Morgan fingerprint density at radius 2 is 1.89 bits per heavy atom. The molecule has 1 aromatic heterocycles. The van der Waals surface area contributed by atoms with E-state index in [1.165, 1.54) is 11.8 Å². The molecule has 4 rings (SSSR count). The maximum Gasteiger partial charge on any atom is 0.237 e. The molecule has 0 unspecified atom stereocenters. The number of nitrogens with zero attached hydrogens (tertiary/aromatic N) is 2. The molecule has 0 bridgehead atoms. The molecule has 3 aromatic rings. The van der Waals surface area contributed by atoms with Gasteiger partial charge in [-0.05, 0) is 37.5 Å². The number of nitrogens with one attached hydrogen (secondary N) is 1. The van der Waals surface area contributed by atoms with Crippen molar-refractivity contribution in [1.82, 2.24) is 9.55 Å². The lowest BCUT2D eigenvalue weighted by atomic mass is 10.2. The number of hydrogen-bond donors (Lipinski definition) is 1. The smallest absolute Gasteiger partial charge is 0.237 e. The van der Waals surface area contributed by atoms with Crippen LogP contribution in [0, 0.1) is 0 Å².